The van der Waals surface area contributed by atoms with Crippen molar-refractivity contribution in [1.29, 1.82) is 0 Å². The molecule has 1 fully saturated rings. The Kier molecular flexibility index (Phi) is 7.59. The zero-order chi connectivity index (χ0) is 20.7. The molecule has 158 valence electrons. The van der Waals surface area contributed by atoms with E-state index in [2.05, 4.69) is 0 Å². The third-order valence-corrected chi connectivity index (χ3v) is 7.72. The molecule has 0 bridgehead atoms. The maximum absolute atomic E-state index is 13.7. The summed E-state index contributed by atoms with van der Waals surface area (Å²) in [5.41, 5.74) is 2.24. The summed E-state index contributed by atoms with van der Waals surface area (Å²) in [6.07, 6.45) is 8.93. The van der Waals surface area contributed by atoms with Crippen LogP contribution in [-0.2, 0) is 21.0 Å². The van der Waals surface area contributed by atoms with Crippen LogP contribution in [0.1, 0.15) is 63.2 Å². The van der Waals surface area contributed by atoms with Crippen LogP contribution >= 0.6 is 0 Å². The third-order valence-electron chi connectivity index (χ3n) is 5.59. The molecule has 1 atom stereocenters. The topological polar surface area (TPSA) is 56.5 Å². The summed E-state index contributed by atoms with van der Waals surface area (Å²) in [5, 5.41) is -0.645. The number of rotatable bonds is 9. The number of ether oxygens (including phenoxy) is 1. The van der Waals surface area contributed by atoms with Gasteiger partial charge in [0, 0.05) is 6.42 Å². The molecule has 0 aliphatic heterocycles. The van der Waals surface area contributed by atoms with E-state index in [1.807, 2.05) is 38.1 Å². The van der Waals surface area contributed by atoms with Crippen LogP contribution in [0.3, 0.4) is 0 Å². The molecule has 0 N–H and O–H groups in total. The highest BCUT2D eigenvalue weighted by Gasteiger charge is 2.34. The van der Waals surface area contributed by atoms with Crippen LogP contribution in [0.15, 0.2) is 63.3 Å². The second-order valence-corrected chi connectivity index (χ2v) is 9.91. The van der Waals surface area contributed by atoms with Crippen molar-refractivity contribution in [2.75, 3.05) is 6.61 Å². The maximum Gasteiger partial charge on any atom is 0.188 e. The van der Waals surface area contributed by atoms with Crippen molar-refractivity contribution >= 4 is 9.84 Å². The molecule has 4 nitrogen and oxygen atoms in total. The molecule has 3 rings (SSSR count). The molecule has 1 unspecified atom stereocenters. The summed E-state index contributed by atoms with van der Waals surface area (Å²) in [7, 11) is -3.54. The lowest BCUT2D eigenvalue weighted by molar-refractivity contribution is 0.209. The molecule has 0 radical (unpaired) electrons. The average molecular weight is 417 g/mol. The zero-order valence-electron chi connectivity index (χ0n) is 17.5. The van der Waals surface area contributed by atoms with Crippen molar-refractivity contribution in [2.45, 2.75) is 75.4 Å². The monoisotopic (exact) mass is 416 g/mol. The SMILES string of the molecule is CCOC(=C1CCCCC1)C(CCCc1ccco1)S(=O)(=O)c1ccc(C)cc1. The number of hydrogen-bond donors (Lipinski definition) is 0. The van der Waals surface area contributed by atoms with Crippen molar-refractivity contribution in [1.82, 2.24) is 0 Å². The van der Waals surface area contributed by atoms with Gasteiger partial charge in [0.05, 0.1) is 17.8 Å². The van der Waals surface area contributed by atoms with E-state index in [-0.39, 0.29) is 0 Å². The van der Waals surface area contributed by atoms with E-state index in [0.29, 0.717) is 23.7 Å². The molecule has 1 aliphatic carbocycles. The fourth-order valence-corrected chi connectivity index (χ4v) is 5.88. The third kappa shape index (κ3) is 5.53. The van der Waals surface area contributed by atoms with Gasteiger partial charge < -0.3 is 9.15 Å². The van der Waals surface area contributed by atoms with E-state index >= 15 is 0 Å². The van der Waals surface area contributed by atoms with Gasteiger partial charge in [-0.2, -0.15) is 0 Å². The fourth-order valence-electron chi connectivity index (χ4n) is 4.04. The first-order valence-electron chi connectivity index (χ1n) is 10.7. The van der Waals surface area contributed by atoms with Crippen LogP contribution in [0.5, 0.6) is 0 Å². The Morgan fingerprint density at radius 1 is 1.10 bits per heavy atom. The van der Waals surface area contributed by atoms with Gasteiger partial charge in [-0.05, 0) is 82.2 Å². The molecule has 1 saturated carbocycles. The van der Waals surface area contributed by atoms with E-state index in [1.54, 1.807) is 18.4 Å². The minimum Gasteiger partial charge on any atom is -0.497 e. The number of furan rings is 1. The number of benzene rings is 1. The van der Waals surface area contributed by atoms with Gasteiger partial charge in [0.2, 0.25) is 0 Å². The van der Waals surface area contributed by atoms with E-state index in [0.717, 1.165) is 49.8 Å². The molecular weight excluding hydrogens is 384 g/mol. The van der Waals surface area contributed by atoms with Crippen LogP contribution in [0.4, 0.5) is 0 Å². The van der Waals surface area contributed by atoms with Crippen molar-refractivity contribution in [2.24, 2.45) is 0 Å². The molecule has 29 heavy (non-hydrogen) atoms. The summed E-state index contributed by atoms with van der Waals surface area (Å²) >= 11 is 0. The lowest BCUT2D eigenvalue weighted by Gasteiger charge is -2.26. The molecule has 1 aliphatic rings. The summed E-state index contributed by atoms with van der Waals surface area (Å²) < 4.78 is 38.8. The predicted octanol–water partition coefficient (Wildman–Crippen LogP) is 6.01. The Bertz CT molecular complexity index is 885. The molecule has 0 saturated heterocycles. The van der Waals surface area contributed by atoms with Crippen molar-refractivity contribution in [3.8, 4) is 0 Å². The first kappa shape index (κ1) is 21.7. The minimum absolute atomic E-state index is 0.375. The molecule has 1 aromatic heterocycles. The molecule has 5 heteroatoms. The quantitative estimate of drug-likeness (QED) is 0.470. The lowest BCUT2D eigenvalue weighted by Crippen LogP contribution is -2.27. The van der Waals surface area contributed by atoms with Crippen LogP contribution in [0, 0.1) is 6.92 Å². The summed E-state index contributed by atoms with van der Waals surface area (Å²) in [6.45, 7) is 4.38. The highest BCUT2D eigenvalue weighted by Crippen LogP contribution is 2.34. The van der Waals surface area contributed by atoms with Gasteiger partial charge in [0.25, 0.3) is 0 Å². The number of hydrogen-bond acceptors (Lipinski definition) is 4. The Balaban J connectivity index is 1.93. The Morgan fingerprint density at radius 3 is 2.45 bits per heavy atom. The fraction of sp³-hybridized carbons (Fsp3) is 0.500. The second-order valence-electron chi connectivity index (χ2n) is 7.78. The minimum atomic E-state index is -3.54. The van der Waals surface area contributed by atoms with Gasteiger partial charge in [0.15, 0.2) is 9.84 Å². The van der Waals surface area contributed by atoms with Crippen LogP contribution < -0.4 is 0 Å². The summed E-state index contributed by atoms with van der Waals surface area (Å²) in [4.78, 5) is 0.375. The standard InChI is InChI=1S/C24H32O4S/c1-3-27-24(20-9-5-4-6-10-20)23(13-7-11-21-12-8-18-28-21)29(25,26)22-16-14-19(2)15-17-22/h8,12,14-18,23H,3-7,9-11,13H2,1-2H3. The number of sulfone groups is 1. The Labute approximate surface area is 174 Å². The predicted molar refractivity (Wildman–Crippen MR) is 116 cm³/mol. The van der Waals surface area contributed by atoms with Crippen LogP contribution in [0.2, 0.25) is 0 Å². The van der Waals surface area contributed by atoms with Crippen molar-refractivity contribution < 1.29 is 17.6 Å². The number of allylic oxidation sites excluding steroid dienone is 1. The highest BCUT2D eigenvalue weighted by atomic mass is 32.2. The summed E-state index contributed by atoms with van der Waals surface area (Å²) in [5.74, 6) is 1.59. The van der Waals surface area contributed by atoms with E-state index < -0.39 is 15.1 Å². The first-order chi connectivity index (χ1) is 14.0. The molecule has 2 aromatic rings. The maximum atomic E-state index is 13.7. The summed E-state index contributed by atoms with van der Waals surface area (Å²) in [6, 6.07) is 11.0. The molecular formula is C24H32O4S. The largest absolute Gasteiger partial charge is 0.497 e. The Hall–Kier alpha value is -2.01. The van der Waals surface area contributed by atoms with Gasteiger partial charge in [-0.1, -0.05) is 24.1 Å². The smallest absolute Gasteiger partial charge is 0.188 e. The van der Waals surface area contributed by atoms with Gasteiger partial charge >= 0.3 is 0 Å². The van der Waals surface area contributed by atoms with E-state index in [9.17, 15) is 8.42 Å². The first-order valence-corrected chi connectivity index (χ1v) is 12.2. The van der Waals surface area contributed by atoms with Crippen molar-refractivity contribution in [3.05, 3.63) is 65.3 Å². The van der Waals surface area contributed by atoms with Crippen LogP contribution in [-0.4, -0.2) is 20.3 Å². The highest BCUT2D eigenvalue weighted by molar-refractivity contribution is 7.92. The van der Waals surface area contributed by atoms with Crippen molar-refractivity contribution in [3.63, 3.8) is 0 Å². The zero-order valence-corrected chi connectivity index (χ0v) is 18.3. The number of aryl methyl sites for hydroxylation is 2. The van der Waals surface area contributed by atoms with Crippen LogP contribution in [0.25, 0.3) is 0 Å². The van der Waals surface area contributed by atoms with Gasteiger partial charge in [0.1, 0.15) is 16.8 Å². The average Bonchev–Trinajstić information content (AvgIpc) is 3.24. The molecule has 1 heterocycles. The van der Waals surface area contributed by atoms with E-state index in [4.69, 9.17) is 9.15 Å². The van der Waals surface area contributed by atoms with Gasteiger partial charge in [-0.25, -0.2) is 8.42 Å². The Morgan fingerprint density at radius 2 is 1.83 bits per heavy atom. The molecule has 0 spiro atoms. The second kappa shape index (κ2) is 10.1. The lowest BCUT2D eigenvalue weighted by atomic mass is 9.92. The normalized spacial score (nSPS) is 15.9. The molecule has 0 amide bonds. The van der Waals surface area contributed by atoms with E-state index in [1.165, 1.54) is 12.0 Å². The molecule has 1 aromatic carbocycles. The van der Waals surface area contributed by atoms with Gasteiger partial charge in [-0.15, -0.1) is 0 Å². The van der Waals surface area contributed by atoms with Gasteiger partial charge in [-0.3, -0.25) is 0 Å².